The molecule has 0 radical (unpaired) electrons. The van der Waals surface area contributed by atoms with Crippen LogP contribution in [-0.2, 0) is 18.9 Å². The second-order valence-electron chi connectivity index (χ2n) is 6.18. The van der Waals surface area contributed by atoms with Crippen molar-refractivity contribution in [3.8, 4) is 0 Å². The molecule has 1 aromatic rings. The van der Waals surface area contributed by atoms with Gasteiger partial charge in [-0.05, 0) is 18.9 Å². The quantitative estimate of drug-likeness (QED) is 0.164. The molecule has 0 bridgehead atoms. The van der Waals surface area contributed by atoms with E-state index in [0.29, 0.717) is 13.2 Å². The Hall–Kier alpha value is -1.28. The first-order valence-electron chi connectivity index (χ1n) is 8.93. The van der Waals surface area contributed by atoms with Crippen LogP contribution in [0.1, 0.15) is 38.5 Å². The molecule has 3 unspecified atom stereocenters. The highest BCUT2D eigenvalue weighted by Gasteiger charge is 2.33. The summed E-state index contributed by atoms with van der Waals surface area (Å²) in [5.41, 5.74) is 9.14. The minimum atomic E-state index is -0.597. The normalized spacial score (nSPS) is 25.3. The molecule has 8 heteroatoms. The van der Waals surface area contributed by atoms with E-state index in [9.17, 15) is 0 Å². The molecule has 0 aliphatic carbocycles. The van der Waals surface area contributed by atoms with Crippen LogP contribution < -0.4 is 0 Å². The Labute approximate surface area is 160 Å². The van der Waals surface area contributed by atoms with E-state index in [-0.39, 0.29) is 18.8 Å². The zero-order chi connectivity index (χ0) is 18.8. The Morgan fingerprint density at radius 2 is 2.15 bits per heavy atom. The summed E-state index contributed by atoms with van der Waals surface area (Å²) < 4.78 is 23.2. The summed E-state index contributed by atoms with van der Waals surface area (Å²) in [6.45, 7) is 5.29. The zero-order valence-corrected chi connectivity index (χ0v) is 16.1. The van der Waals surface area contributed by atoms with Crippen LogP contribution in [0.15, 0.2) is 35.4 Å². The third-order valence-corrected chi connectivity index (χ3v) is 4.59. The lowest BCUT2D eigenvalue weighted by Gasteiger charge is -2.36. The maximum absolute atomic E-state index is 8.77. The molecule has 144 valence electrons. The lowest BCUT2D eigenvalue weighted by Crippen LogP contribution is -2.44. The zero-order valence-electron chi connectivity index (χ0n) is 15.2. The van der Waals surface area contributed by atoms with Gasteiger partial charge in [-0.3, -0.25) is 0 Å². The number of azide groups is 1. The van der Waals surface area contributed by atoms with Crippen LogP contribution in [0.3, 0.4) is 0 Å². The number of ether oxygens (including phenoxy) is 4. The van der Waals surface area contributed by atoms with E-state index in [0.717, 1.165) is 18.4 Å². The SMILES string of the molecule is CCCCOC[C@H](N=[N+]=[N-])C(S)OC1COC(c2ccccc2)O[C@H]1C. The van der Waals surface area contributed by atoms with E-state index in [2.05, 4.69) is 29.6 Å². The molecule has 1 fully saturated rings. The van der Waals surface area contributed by atoms with Gasteiger partial charge in [0, 0.05) is 17.1 Å². The number of benzene rings is 1. The van der Waals surface area contributed by atoms with Crippen LogP contribution in [0.2, 0.25) is 0 Å². The summed E-state index contributed by atoms with van der Waals surface area (Å²) in [6, 6.07) is 9.26. The van der Waals surface area contributed by atoms with Gasteiger partial charge in [-0.1, -0.05) is 48.8 Å². The van der Waals surface area contributed by atoms with E-state index in [1.807, 2.05) is 37.3 Å². The van der Waals surface area contributed by atoms with Crippen molar-refractivity contribution in [1.82, 2.24) is 0 Å². The van der Waals surface area contributed by atoms with Crippen LogP contribution in [-0.4, -0.2) is 43.5 Å². The molecule has 0 N–H and O–H groups in total. The molecule has 1 saturated heterocycles. The van der Waals surface area contributed by atoms with Crippen molar-refractivity contribution in [2.24, 2.45) is 5.11 Å². The molecule has 26 heavy (non-hydrogen) atoms. The van der Waals surface area contributed by atoms with Crippen molar-refractivity contribution >= 4 is 12.6 Å². The number of hydrogen-bond donors (Lipinski definition) is 1. The van der Waals surface area contributed by atoms with Crippen molar-refractivity contribution in [2.45, 2.75) is 56.7 Å². The predicted molar refractivity (Wildman–Crippen MR) is 102 cm³/mol. The first kappa shape index (κ1) is 21.0. The fourth-order valence-electron chi connectivity index (χ4n) is 2.53. The lowest BCUT2D eigenvalue weighted by molar-refractivity contribution is -0.264. The number of hydrogen-bond acceptors (Lipinski definition) is 6. The van der Waals surface area contributed by atoms with Gasteiger partial charge in [0.2, 0.25) is 0 Å². The lowest BCUT2D eigenvalue weighted by atomic mass is 10.1. The summed E-state index contributed by atoms with van der Waals surface area (Å²) in [6.07, 6.45) is 1.11. The first-order chi connectivity index (χ1) is 12.7. The van der Waals surface area contributed by atoms with Gasteiger partial charge < -0.3 is 18.9 Å². The fraction of sp³-hybridized carbons (Fsp3) is 0.667. The Morgan fingerprint density at radius 1 is 1.38 bits per heavy atom. The smallest absolute Gasteiger partial charge is 0.184 e. The maximum atomic E-state index is 8.77. The van der Waals surface area contributed by atoms with Gasteiger partial charge in [0.25, 0.3) is 0 Å². The van der Waals surface area contributed by atoms with Crippen molar-refractivity contribution in [3.05, 3.63) is 46.3 Å². The Morgan fingerprint density at radius 3 is 2.81 bits per heavy atom. The van der Waals surface area contributed by atoms with Crippen molar-refractivity contribution in [2.75, 3.05) is 19.8 Å². The Balaban J connectivity index is 1.85. The van der Waals surface area contributed by atoms with Crippen LogP contribution in [0, 0.1) is 0 Å². The molecule has 1 aromatic carbocycles. The van der Waals surface area contributed by atoms with Crippen molar-refractivity contribution in [3.63, 3.8) is 0 Å². The predicted octanol–water partition coefficient (Wildman–Crippen LogP) is 4.26. The number of nitrogens with zero attached hydrogens (tertiary/aromatic N) is 3. The molecular formula is C18H27N3O4S. The molecule has 5 atom stereocenters. The van der Waals surface area contributed by atoms with E-state index >= 15 is 0 Å². The van der Waals surface area contributed by atoms with Crippen LogP contribution in [0.25, 0.3) is 10.4 Å². The molecule has 0 aromatic heterocycles. The van der Waals surface area contributed by atoms with Gasteiger partial charge in [0.15, 0.2) is 6.29 Å². The summed E-state index contributed by atoms with van der Waals surface area (Å²) >= 11 is 4.45. The number of unbranched alkanes of at least 4 members (excludes halogenated alkanes) is 1. The average Bonchev–Trinajstić information content (AvgIpc) is 2.66. The molecule has 1 aliphatic rings. The van der Waals surface area contributed by atoms with Gasteiger partial charge in [0.05, 0.1) is 25.4 Å². The van der Waals surface area contributed by atoms with Gasteiger partial charge in [-0.2, -0.15) is 0 Å². The molecule has 1 heterocycles. The van der Waals surface area contributed by atoms with E-state index < -0.39 is 17.8 Å². The van der Waals surface area contributed by atoms with E-state index in [4.69, 9.17) is 24.5 Å². The highest BCUT2D eigenvalue weighted by Crippen LogP contribution is 2.28. The molecule has 7 nitrogen and oxygen atoms in total. The molecule has 1 aliphatic heterocycles. The van der Waals surface area contributed by atoms with Gasteiger partial charge >= 0.3 is 0 Å². The van der Waals surface area contributed by atoms with E-state index in [1.54, 1.807) is 0 Å². The monoisotopic (exact) mass is 381 g/mol. The van der Waals surface area contributed by atoms with Gasteiger partial charge in [-0.25, -0.2) is 0 Å². The summed E-state index contributed by atoms with van der Waals surface area (Å²) in [4.78, 5) is 2.87. The molecular weight excluding hydrogens is 354 g/mol. The summed E-state index contributed by atoms with van der Waals surface area (Å²) in [5.74, 6) is 0. The van der Waals surface area contributed by atoms with Crippen LogP contribution >= 0.6 is 12.6 Å². The maximum Gasteiger partial charge on any atom is 0.184 e. The average molecular weight is 381 g/mol. The minimum absolute atomic E-state index is 0.184. The second kappa shape index (κ2) is 11.4. The van der Waals surface area contributed by atoms with Crippen molar-refractivity contribution < 1.29 is 18.9 Å². The standard InChI is InChI=1S/C18H27N3O4S/c1-3-4-10-22-11-15(20-21-19)18(26)25-16-12-23-17(24-13(16)2)14-8-6-5-7-9-14/h5-9,13,15-18,26H,3-4,10-12H2,1-2H3/t13-,15-,16?,17?,18?/m0/s1. The highest BCUT2D eigenvalue weighted by atomic mass is 32.1. The largest absolute Gasteiger partial charge is 0.381 e. The third kappa shape index (κ3) is 6.46. The molecule has 0 spiro atoms. The van der Waals surface area contributed by atoms with Gasteiger partial charge in [-0.15, -0.1) is 12.6 Å². The fourth-order valence-corrected chi connectivity index (χ4v) is 2.84. The second-order valence-corrected chi connectivity index (χ2v) is 6.69. The number of rotatable bonds is 10. The highest BCUT2D eigenvalue weighted by molar-refractivity contribution is 7.80. The van der Waals surface area contributed by atoms with Crippen molar-refractivity contribution in [1.29, 1.82) is 0 Å². The molecule has 0 amide bonds. The summed E-state index contributed by atoms with van der Waals surface area (Å²) in [7, 11) is 0. The first-order valence-corrected chi connectivity index (χ1v) is 9.44. The Bertz CT molecular complexity index is 571. The Kier molecular flexibility index (Phi) is 9.25. The van der Waals surface area contributed by atoms with Crippen LogP contribution in [0.4, 0.5) is 0 Å². The summed E-state index contributed by atoms with van der Waals surface area (Å²) in [5, 5.41) is 3.75. The number of thiol groups is 1. The minimum Gasteiger partial charge on any atom is -0.381 e. The topological polar surface area (TPSA) is 85.7 Å². The van der Waals surface area contributed by atoms with Crippen LogP contribution in [0.5, 0.6) is 0 Å². The molecule has 0 saturated carbocycles. The third-order valence-electron chi connectivity index (χ3n) is 4.12. The van der Waals surface area contributed by atoms with Gasteiger partial charge in [0.1, 0.15) is 11.5 Å². The molecule has 2 rings (SSSR count). The van der Waals surface area contributed by atoms with E-state index in [1.165, 1.54) is 0 Å².